The van der Waals surface area contributed by atoms with Crippen LogP contribution in [0.15, 0.2) is 21.8 Å². The maximum Gasteiger partial charge on any atom is 0.267 e. The second-order valence-electron chi connectivity index (χ2n) is 2.62. The van der Waals surface area contributed by atoms with Gasteiger partial charge in [0, 0.05) is 19.3 Å². The molecule has 0 spiro atoms. The summed E-state index contributed by atoms with van der Waals surface area (Å²) >= 11 is 3.12. The van der Waals surface area contributed by atoms with E-state index in [-0.39, 0.29) is 5.56 Å². The van der Waals surface area contributed by atoms with Crippen LogP contribution in [-0.2, 0) is 6.54 Å². The van der Waals surface area contributed by atoms with E-state index in [0.29, 0.717) is 24.1 Å². The SMILES string of the molecule is C#CCNCCn1cncc(Br)c1=O. The summed E-state index contributed by atoms with van der Waals surface area (Å²) in [5.74, 6) is 2.46. The summed E-state index contributed by atoms with van der Waals surface area (Å²) in [5, 5.41) is 2.99. The zero-order valence-corrected chi connectivity index (χ0v) is 9.12. The first-order chi connectivity index (χ1) is 6.75. The van der Waals surface area contributed by atoms with Crippen molar-refractivity contribution < 1.29 is 0 Å². The maximum atomic E-state index is 11.4. The summed E-state index contributed by atoms with van der Waals surface area (Å²) in [6.07, 6.45) is 8.05. The lowest BCUT2D eigenvalue weighted by Gasteiger charge is -2.04. The highest BCUT2D eigenvalue weighted by Crippen LogP contribution is 1.97. The van der Waals surface area contributed by atoms with Gasteiger partial charge in [-0.15, -0.1) is 6.42 Å². The summed E-state index contributed by atoms with van der Waals surface area (Å²) < 4.78 is 1.99. The minimum absolute atomic E-state index is 0.0810. The molecular formula is C9H10BrN3O. The van der Waals surface area contributed by atoms with E-state index in [1.807, 2.05) is 0 Å². The van der Waals surface area contributed by atoms with Gasteiger partial charge in [-0.25, -0.2) is 4.98 Å². The summed E-state index contributed by atoms with van der Waals surface area (Å²) in [5.41, 5.74) is -0.0810. The van der Waals surface area contributed by atoms with Crippen LogP contribution in [0.4, 0.5) is 0 Å². The molecule has 0 unspecified atom stereocenters. The molecule has 0 aromatic carbocycles. The molecule has 1 aromatic heterocycles. The first-order valence-electron chi connectivity index (χ1n) is 4.10. The Kier molecular flexibility index (Phi) is 4.36. The minimum Gasteiger partial charge on any atom is -0.304 e. The van der Waals surface area contributed by atoms with Crippen molar-refractivity contribution in [3.63, 3.8) is 0 Å². The van der Waals surface area contributed by atoms with Gasteiger partial charge >= 0.3 is 0 Å². The van der Waals surface area contributed by atoms with Gasteiger partial charge in [-0.3, -0.25) is 9.36 Å². The molecule has 1 aromatic rings. The predicted octanol–water partition coefficient (Wildman–Crippen LogP) is 0.229. The predicted molar refractivity (Wildman–Crippen MR) is 57.9 cm³/mol. The number of halogens is 1. The molecule has 0 bridgehead atoms. The standard InChI is InChI=1S/C9H10BrN3O/c1-2-3-11-4-5-13-7-12-6-8(10)9(13)14/h1,6-7,11H,3-5H2. The van der Waals surface area contributed by atoms with Crippen LogP contribution in [0.2, 0.25) is 0 Å². The Labute approximate surface area is 90.5 Å². The average molecular weight is 256 g/mol. The van der Waals surface area contributed by atoms with E-state index < -0.39 is 0 Å². The molecular weight excluding hydrogens is 246 g/mol. The second kappa shape index (κ2) is 5.58. The highest BCUT2D eigenvalue weighted by Gasteiger charge is 1.99. The molecule has 0 atom stereocenters. The van der Waals surface area contributed by atoms with Crippen molar-refractivity contribution >= 4 is 15.9 Å². The summed E-state index contributed by atoms with van der Waals surface area (Å²) in [6, 6.07) is 0. The molecule has 0 saturated carbocycles. The highest BCUT2D eigenvalue weighted by atomic mass is 79.9. The Morgan fingerprint density at radius 2 is 2.50 bits per heavy atom. The summed E-state index contributed by atoms with van der Waals surface area (Å²) in [4.78, 5) is 15.3. The first-order valence-corrected chi connectivity index (χ1v) is 4.89. The van der Waals surface area contributed by atoms with E-state index in [2.05, 4.69) is 32.2 Å². The Balaban J connectivity index is 2.56. The van der Waals surface area contributed by atoms with Crippen molar-refractivity contribution in [2.75, 3.05) is 13.1 Å². The van der Waals surface area contributed by atoms with E-state index in [1.54, 1.807) is 0 Å². The van der Waals surface area contributed by atoms with E-state index in [1.165, 1.54) is 17.1 Å². The fraction of sp³-hybridized carbons (Fsp3) is 0.333. The number of hydrogen-bond acceptors (Lipinski definition) is 3. The Morgan fingerprint density at radius 1 is 1.71 bits per heavy atom. The molecule has 0 aliphatic heterocycles. The van der Waals surface area contributed by atoms with Crippen LogP contribution in [0.3, 0.4) is 0 Å². The van der Waals surface area contributed by atoms with Crippen molar-refractivity contribution in [1.82, 2.24) is 14.9 Å². The zero-order chi connectivity index (χ0) is 10.4. The average Bonchev–Trinajstić information content (AvgIpc) is 2.19. The first kappa shape index (κ1) is 11.0. The topological polar surface area (TPSA) is 46.9 Å². The van der Waals surface area contributed by atoms with Crippen molar-refractivity contribution in [1.29, 1.82) is 0 Å². The van der Waals surface area contributed by atoms with Gasteiger partial charge < -0.3 is 5.32 Å². The lowest BCUT2D eigenvalue weighted by atomic mass is 10.5. The normalized spacial score (nSPS) is 9.71. The number of aromatic nitrogens is 2. The number of terminal acetylenes is 1. The van der Waals surface area contributed by atoms with Crippen LogP contribution in [0, 0.1) is 12.3 Å². The summed E-state index contributed by atoms with van der Waals surface area (Å²) in [7, 11) is 0. The fourth-order valence-corrected chi connectivity index (χ4v) is 1.29. The van der Waals surface area contributed by atoms with Crippen LogP contribution in [-0.4, -0.2) is 22.6 Å². The van der Waals surface area contributed by atoms with Crippen LogP contribution in [0.5, 0.6) is 0 Å². The van der Waals surface area contributed by atoms with Crippen molar-refractivity contribution in [2.45, 2.75) is 6.54 Å². The van der Waals surface area contributed by atoms with Gasteiger partial charge in [0.05, 0.1) is 12.9 Å². The number of rotatable bonds is 4. The van der Waals surface area contributed by atoms with Crippen LogP contribution >= 0.6 is 15.9 Å². The molecule has 0 aliphatic rings. The zero-order valence-electron chi connectivity index (χ0n) is 7.53. The van der Waals surface area contributed by atoms with Gasteiger partial charge in [0.2, 0.25) is 0 Å². The fourth-order valence-electron chi connectivity index (χ4n) is 0.943. The molecule has 0 radical (unpaired) electrons. The second-order valence-corrected chi connectivity index (χ2v) is 3.48. The molecule has 1 rings (SSSR count). The van der Waals surface area contributed by atoms with Crippen LogP contribution in [0.25, 0.3) is 0 Å². The van der Waals surface area contributed by atoms with Gasteiger partial charge in [0.25, 0.3) is 5.56 Å². The van der Waals surface area contributed by atoms with Gasteiger partial charge in [-0.05, 0) is 15.9 Å². The van der Waals surface area contributed by atoms with Gasteiger partial charge in [0.1, 0.15) is 4.47 Å². The molecule has 0 saturated heterocycles. The molecule has 5 heteroatoms. The van der Waals surface area contributed by atoms with Gasteiger partial charge in [-0.1, -0.05) is 5.92 Å². The van der Waals surface area contributed by atoms with Crippen molar-refractivity contribution in [2.24, 2.45) is 0 Å². The van der Waals surface area contributed by atoms with Crippen molar-refractivity contribution in [3.8, 4) is 12.3 Å². The Hall–Kier alpha value is -1.12. The van der Waals surface area contributed by atoms with E-state index in [4.69, 9.17) is 6.42 Å². The molecule has 1 N–H and O–H groups in total. The van der Waals surface area contributed by atoms with Crippen LogP contribution < -0.4 is 10.9 Å². The molecule has 4 nitrogen and oxygen atoms in total. The lowest BCUT2D eigenvalue weighted by Crippen LogP contribution is -2.27. The smallest absolute Gasteiger partial charge is 0.267 e. The number of nitrogens with one attached hydrogen (secondary N) is 1. The number of hydrogen-bond donors (Lipinski definition) is 1. The third-order valence-electron chi connectivity index (χ3n) is 1.62. The third-order valence-corrected chi connectivity index (χ3v) is 2.16. The number of nitrogens with zero attached hydrogens (tertiary/aromatic N) is 2. The molecule has 14 heavy (non-hydrogen) atoms. The third kappa shape index (κ3) is 2.98. The van der Waals surface area contributed by atoms with Crippen LogP contribution in [0.1, 0.15) is 0 Å². The lowest BCUT2D eigenvalue weighted by molar-refractivity contribution is 0.601. The van der Waals surface area contributed by atoms with E-state index in [9.17, 15) is 4.79 Å². The molecule has 1 heterocycles. The molecule has 0 fully saturated rings. The van der Waals surface area contributed by atoms with Gasteiger partial charge in [0.15, 0.2) is 0 Å². The Bertz CT molecular complexity index is 394. The molecule has 0 aliphatic carbocycles. The largest absolute Gasteiger partial charge is 0.304 e. The highest BCUT2D eigenvalue weighted by molar-refractivity contribution is 9.10. The minimum atomic E-state index is -0.0810. The van der Waals surface area contributed by atoms with E-state index >= 15 is 0 Å². The van der Waals surface area contributed by atoms with Gasteiger partial charge in [-0.2, -0.15) is 0 Å². The van der Waals surface area contributed by atoms with Crippen molar-refractivity contribution in [3.05, 3.63) is 27.4 Å². The quantitative estimate of drug-likeness (QED) is 0.619. The molecule has 74 valence electrons. The monoisotopic (exact) mass is 255 g/mol. The van der Waals surface area contributed by atoms with E-state index in [0.717, 1.165) is 0 Å². The Morgan fingerprint density at radius 3 is 3.21 bits per heavy atom. The maximum absolute atomic E-state index is 11.4. The summed E-state index contributed by atoms with van der Waals surface area (Å²) in [6.45, 7) is 1.73. The molecule has 0 amide bonds.